The molecule has 0 radical (unpaired) electrons. The summed E-state index contributed by atoms with van der Waals surface area (Å²) in [7, 11) is 0. The van der Waals surface area contributed by atoms with Crippen LogP contribution < -0.4 is 11.3 Å². The van der Waals surface area contributed by atoms with Crippen LogP contribution in [0.25, 0.3) is 0 Å². The van der Waals surface area contributed by atoms with E-state index in [0.717, 1.165) is 15.6 Å². The van der Waals surface area contributed by atoms with Gasteiger partial charge in [0.2, 0.25) is 0 Å². The first kappa shape index (κ1) is 14.8. The molecular formula is C14H15BrN2O3. The van der Waals surface area contributed by atoms with Crippen LogP contribution in [0.15, 0.2) is 39.2 Å². The number of carbonyl (C=O) groups excluding carboxylic acids is 1. The molecule has 0 spiro atoms. The van der Waals surface area contributed by atoms with Gasteiger partial charge in [-0.2, -0.15) is 0 Å². The Balaban J connectivity index is 1.96. The number of nitrogens with one attached hydrogen (secondary N) is 1. The number of amides is 1. The summed E-state index contributed by atoms with van der Waals surface area (Å²) in [5.41, 5.74) is 3.92. The van der Waals surface area contributed by atoms with Gasteiger partial charge in [0.05, 0.1) is 13.2 Å². The van der Waals surface area contributed by atoms with E-state index in [4.69, 9.17) is 15.0 Å². The quantitative estimate of drug-likeness (QED) is 0.499. The number of hydrogen-bond acceptors (Lipinski definition) is 4. The number of carbonyl (C=O) groups is 1. The third-order valence-corrected chi connectivity index (χ3v) is 3.62. The van der Waals surface area contributed by atoms with E-state index in [1.165, 1.54) is 0 Å². The maximum Gasteiger partial charge on any atom is 0.300 e. The molecule has 1 aromatic carbocycles. The zero-order valence-corrected chi connectivity index (χ0v) is 12.6. The molecule has 5 nitrogen and oxygen atoms in total. The molecular weight excluding hydrogens is 324 g/mol. The number of aryl methyl sites for hydroxylation is 1. The highest BCUT2D eigenvalue weighted by molar-refractivity contribution is 9.10. The van der Waals surface area contributed by atoms with Crippen molar-refractivity contribution in [2.75, 3.05) is 0 Å². The number of rotatable bonds is 5. The third kappa shape index (κ3) is 3.47. The van der Waals surface area contributed by atoms with Crippen molar-refractivity contribution in [2.24, 2.45) is 5.84 Å². The number of ether oxygens (including phenoxy) is 1. The van der Waals surface area contributed by atoms with E-state index in [0.29, 0.717) is 19.0 Å². The summed E-state index contributed by atoms with van der Waals surface area (Å²) in [5, 5.41) is 0. The predicted octanol–water partition coefficient (Wildman–Crippen LogP) is 2.67. The molecule has 1 aromatic heterocycles. The van der Waals surface area contributed by atoms with Crippen molar-refractivity contribution >= 4 is 21.8 Å². The summed E-state index contributed by atoms with van der Waals surface area (Å²) in [6.45, 7) is 2.63. The zero-order chi connectivity index (χ0) is 14.5. The summed E-state index contributed by atoms with van der Waals surface area (Å²) in [6, 6.07) is 9.49. The fourth-order valence-electron chi connectivity index (χ4n) is 1.73. The smallest absolute Gasteiger partial charge is 0.300 e. The molecule has 0 aliphatic rings. The van der Waals surface area contributed by atoms with E-state index in [-0.39, 0.29) is 5.76 Å². The van der Waals surface area contributed by atoms with E-state index < -0.39 is 5.91 Å². The Bertz CT molecular complexity index is 610. The number of benzene rings is 1. The number of hydrogen-bond donors (Lipinski definition) is 2. The van der Waals surface area contributed by atoms with Gasteiger partial charge in [-0.15, -0.1) is 0 Å². The highest BCUT2D eigenvalue weighted by Crippen LogP contribution is 2.19. The van der Waals surface area contributed by atoms with Crippen molar-refractivity contribution in [1.29, 1.82) is 0 Å². The molecule has 0 saturated carbocycles. The van der Waals surface area contributed by atoms with Crippen molar-refractivity contribution in [2.45, 2.75) is 20.1 Å². The van der Waals surface area contributed by atoms with Crippen LogP contribution >= 0.6 is 15.9 Å². The lowest BCUT2D eigenvalue weighted by Crippen LogP contribution is -2.29. The monoisotopic (exact) mass is 338 g/mol. The molecule has 0 aliphatic carbocycles. The largest absolute Gasteiger partial charge is 0.456 e. The molecule has 106 valence electrons. The predicted molar refractivity (Wildman–Crippen MR) is 77.7 cm³/mol. The van der Waals surface area contributed by atoms with E-state index in [9.17, 15) is 4.79 Å². The number of hydrazine groups is 1. The Morgan fingerprint density at radius 1 is 1.35 bits per heavy atom. The van der Waals surface area contributed by atoms with Gasteiger partial charge in [-0.1, -0.05) is 34.1 Å². The first-order chi connectivity index (χ1) is 9.61. The Morgan fingerprint density at radius 3 is 2.75 bits per heavy atom. The SMILES string of the molecule is Cc1oc(C(=O)NN)cc1COCc1ccccc1Br. The lowest BCUT2D eigenvalue weighted by atomic mass is 10.2. The summed E-state index contributed by atoms with van der Waals surface area (Å²) in [4.78, 5) is 11.3. The van der Waals surface area contributed by atoms with Crippen LogP contribution in [-0.4, -0.2) is 5.91 Å². The lowest BCUT2D eigenvalue weighted by molar-refractivity contribution is 0.0924. The Morgan fingerprint density at radius 2 is 2.05 bits per heavy atom. The molecule has 20 heavy (non-hydrogen) atoms. The second-order valence-electron chi connectivity index (χ2n) is 4.25. The lowest BCUT2D eigenvalue weighted by Gasteiger charge is -2.05. The van der Waals surface area contributed by atoms with E-state index in [1.54, 1.807) is 13.0 Å². The standard InChI is InChI=1S/C14H15BrN2O3/c1-9-11(6-13(20-9)14(18)17-16)8-19-7-10-4-2-3-5-12(10)15/h2-6H,7-8,16H2,1H3,(H,17,18). The van der Waals surface area contributed by atoms with Gasteiger partial charge in [0, 0.05) is 10.0 Å². The molecule has 1 heterocycles. The fourth-order valence-corrected chi connectivity index (χ4v) is 2.13. The Hall–Kier alpha value is -1.63. The minimum atomic E-state index is -0.454. The first-order valence-electron chi connectivity index (χ1n) is 6.03. The second-order valence-corrected chi connectivity index (χ2v) is 5.10. The fraction of sp³-hybridized carbons (Fsp3) is 0.214. The van der Waals surface area contributed by atoms with Crippen molar-refractivity contribution in [1.82, 2.24) is 5.43 Å². The van der Waals surface area contributed by atoms with Crippen LogP contribution in [0, 0.1) is 6.92 Å². The average Bonchev–Trinajstić information content (AvgIpc) is 2.81. The highest BCUT2D eigenvalue weighted by atomic mass is 79.9. The van der Waals surface area contributed by atoms with E-state index in [2.05, 4.69) is 15.9 Å². The Kier molecular flexibility index (Phi) is 4.94. The molecule has 6 heteroatoms. The minimum absolute atomic E-state index is 0.185. The molecule has 0 fully saturated rings. The number of furan rings is 1. The number of halogens is 1. The number of nitrogens with two attached hydrogens (primary N) is 1. The van der Waals surface area contributed by atoms with Crippen LogP contribution in [0.5, 0.6) is 0 Å². The summed E-state index contributed by atoms with van der Waals surface area (Å²) in [5.74, 6) is 5.44. The number of nitrogen functional groups attached to an aromatic ring is 1. The summed E-state index contributed by atoms with van der Waals surface area (Å²) >= 11 is 3.46. The zero-order valence-electron chi connectivity index (χ0n) is 11.0. The molecule has 0 saturated heterocycles. The van der Waals surface area contributed by atoms with Gasteiger partial charge in [-0.05, 0) is 24.6 Å². The second kappa shape index (κ2) is 6.69. The third-order valence-electron chi connectivity index (χ3n) is 2.85. The van der Waals surface area contributed by atoms with Gasteiger partial charge < -0.3 is 9.15 Å². The molecule has 2 aromatic rings. The van der Waals surface area contributed by atoms with Gasteiger partial charge in [-0.3, -0.25) is 10.2 Å². The Labute approximate surface area is 125 Å². The van der Waals surface area contributed by atoms with Gasteiger partial charge in [0.15, 0.2) is 5.76 Å². The van der Waals surface area contributed by atoms with E-state index in [1.807, 2.05) is 29.7 Å². The molecule has 2 rings (SSSR count). The summed E-state index contributed by atoms with van der Waals surface area (Å²) in [6.07, 6.45) is 0. The molecule has 0 atom stereocenters. The van der Waals surface area contributed by atoms with Crippen LogP contribution in [0.2, 0.25) is 0 Å². The maximum absolute atomic E-state index is 11.3. The van der Waals surface area contributed by atoms with Gasteiger partial charge in [0.25, 0.3) is 0 Å². The van der Waals surface area contributed by atoms with Gasteiger partial charge in [-0.25, -0.2) is 5.84 Å². The summed E-state index contributed by atoms with van der Waals surface area (Å²) < 4.78 is 12.0. The van der Waals surface area contributed by atoms with Crippen molar-refractivity contribution in [3.05, 3.63) is 57.5 Å². The maximum atomic E-state index is 11.3. The van der Waals surface area contributed by atoms with E-state index >= 15 is 0 Å². The van der Waals surface area contributed by atoms with Gasteiger partial charge in [0.1, 0.15) is 5.76 Å². The average molecular weight is 339 g/mol. The first-order valence-corrected chi connectivity index (χ1v) is 6.82. The molecule has 3 N–H and O–H groups in total. The van der Waals surface area contributed by atoms with Crippen LogP contribution in [-0.2, 0) is 18.0 Å². The van der Waals surface area contributed by atoms with Crippen molar-refractivity contribution < 1.29 is 13.9 Å². The molecule has 0 bridgehead atoms. The van der Waals surface area contributed by atoms with Crippen LogP contribution in [0.1, 0.15) is 27.4 Å². The van der Waals surface area contributed by atoms with Crippen molar-refractivity contribution in [3.63, 3.8) is 0 Å². The van der Waals surface area contributed by atoms with Gasteiger partial charge >= 0.3 is 5.91 Å². The molecule has 0 aliphatic heterocycles. The topological polar surface area (TPSA) is 77.5 Å². The molecule has 1 amide bonds. The minimum Gasteiger partial charge on any atom is -0.456 e. The van der Waals surface area contributed by atoms with Crippen molar-refractivity contribution in [3.8, 4) is 0 Å². The van der Waals surface area contributed by atoms with Crippen LogP contribution in [0.4, 0.5) is 0 Å². The normalized spacial score (nSPS) is 10.6. The van der Waals surface area contributed by atoms with Crippen LogP contribution in [0.3, 0.4) is 0 Å². The molecule has 0 unspecified atom stereocenters. The highest BCUT2D eigenvalue weighted by Gasteiger charge is 2.13.